The molecular formula is C9H16O. The third kappa shape index (κ3) is 1.39. The first-order chi connectivity index (χ1) is 4.75. The summed E-state index contributed by atoms with van der Waals surface area (Å²) in [4.78, 5) is 11.2. The van der Waals surface area contributed by atoms with Crippen molar-refractivity contribution in [1.29, 1.82) is 0 Å². The van der Waals surface area contributed by atoms with Crippen LogP contribution in [0.3, 0.4) is 0 Å². The first-order valence-corrected chi connectivity index (χ1v) is 4.28. The Morgan fingerprint density at radius 2 is 2.30 bits per heavy atom. The smallest absolute Gasteiger partial charge is 0.136 e. The van der Waals surface area contributed by atoms with Crippen LogP contribution in [0.15, 0.2) is 0 Å². The molecule has 0 aliphatic heterocycles. The lowest BCUT2D eigenvalue weighted by Crippen LogP contribution is -2.25. The second kappa shape index (κ2) is 3.18. The van der Waals surface area contributed by atoms with E-state index in [0.717, 1.165) is 19.3 Å². The molecule has 1 aliphatic carbocycles. The maximum Gasteiger partial charge on any atom is 0.136 e. The van der Waals surface area contributed by atoms with E-state index in [1.54, 1.807) is 0 Å². The summed E-state index contributed by atoms with van der Waals surface area (Å²) in [6.45, 7) is 4.32. The zero-order chi connectivity index (χ0) is 7.56. The lowest BCUT2D eigenvalue weighted by atomic mass is 9.78. The number of Topliss-reactive ketones (excluding diaryl/α,β-unsaturated/α-hetero) is 1. The van der Waals surface area contributed by atoms with Gasteiger partial charge in [0.25, 0.3) is 0 Å². The fourth-order valence-corrected chi connectivity index (χ4v) is 1.93. The van der Waals surface area contributed by atoms with E-state index in [9.17, 15) is 4.79 Å². The molecule has 2 atom stereocenters. The van der Waals surface area contributed by atoms with E-state index < -0.39 is 0 Å². The van der Waals surface area contributed by atoms with Crippen molar-refractivity contribution in [1.82, 2.24) is 0 Å². The number of ketones is 1. The molecule has 1 saturated carbocycles. The summed E-state index contributed by atoms with van der Waals surface area (Å²) in [7, 11) is 0. The molecule has 0 amide bonds. The maximum absolute atomic E-state index is 11.2. The van der Waals surface area contributed by atoms with Gasteiger partial charge in [-0.15, -0.1) is 0 Å². The van der Waals surface area contributed by atoms with Gasteiger partial charge in [0.15, 0.2) is 0 Å². The molecule has 0 aromatic rings. The third-order valence-electron chi connectivity index (χ3n) is 2.62. The Morgan fingerprint density at radius 3 is 2.70 bits per heavy atom. The van der Waals surface area contributed by atoms with Gasteiger partial charge < -0.3 is 0 Å². The van der Waals surface area contributed by atoms with E-state index in [1.807, 2.05) is 0 Å². The minimum Gasteiger partial charge on any atom is -0.299 e. The summed E-state index contributed by atoms with van der Waals surface area (Å²) < 4.78 is 0. The van der Waals surface area contributed by atoms with Crippen molar-refractivity contribution in [2.24, 2.45) is 11.8 Å². The molecule has 0 heterocycles. The molecule has 2 unspecified atom stereocenters. The summed E-state index contributed by atoms with van der Waals surface area (Å²) in [6, 6.07) is 0. The minimum atomic E-state index is 0.383. The van der Waals surface area contributed by atoms with Gasteiger partial charge in [-0.2, -0.15) is 0 Å². The van der Waals surface area contributed by atoms with Crippen molar-refractivity contribution in [2.75, 3.05) is 0 Å². The predicted molar refractivity (Wildman–Crippen MR) is 41.8 cm³/mol. The van der Waals surface area contributed by atoms with Crippen LogP contribution in [0.4, 0.5) is 0 Å². The van der Waals surface area contributed by atoms with Gasteiger partial charge in [-0.3, -0.25) is 4.79 Å². The highest BCUT2D eigenvalue weighted by Crippen LogP contribution is 2.28. The van der Waals surface area contributed by atoms with Crippen molar-refractivity contribution >= 4 is 5.78 Å². The van der Waals surface area contributed by atoms with Gasteiger partial charge in [0.05, 0.1) is 0 Å². The van der Waals surface area contributed by atoms with Crippen molar-refractivity contribution in [3.8, 4) is 0 Å². The molecule has 1 fully saturated rings. The van der Waals surface area contributed by atoms with E-state index >= 15 is 0 Å². The molecular weight excluding hydrogens is 124 g/mol. The Kier molecular flexibility index (Phi) is 2.47. The Morgan fingerprint density at radius 1 is 1.60 bits per heavy atom. The molecule has 1 aliphatic rings. The monoisotopic (exact) mass is 140 g/mol. The van der Waals surface area contributed by atoms with Gasteiger partial charge in [0.2, 0.25) is 0 Å². The van der Waals surface area contributed by atoms with Crippen LogP contribution in [0.2, 0.25) is 0 Å². The molecule has 0 aromatic carbocycles. The summed E-state index contributed by atoms with van der Waals surface area (Å²) in [5.74, 6) is 1.53. The van der Waals surface area contributed by atoms with Crippen molar-refractivity contribution < 1.29 is 4.79 Å². The highest BCUT2D eigenvalue weighted by molar-refractivity contribution is 5.81. The zero-order valence-corrected chi connectivity index (χ0v) is 6.89. The first-order valence-electron chi connectivity index (χ1n) is 4.28. The Balaban J connectivity index is 2.53. The van der Waals surface area contributed by atoms with E-state index in [0.29, 0.717) is 17.6 Å². The maximum atomic E-state index is 11.2. The van der Waals surface area contributed by atoms with Crippen LogP contribution in [0.1, 0.15) is 39.5 Å². The molecule has 1 nitrogen and oxygen atoms in total. The normalized spacial score (nSPS) is 34.4. The van der Waals surface area contributed by atoms with Crippen LogP contribution in [0.5, 0.6) is 0 Å². The Labute approximate surface area is 62.8 Å². The van der Waals surface area contributed by atoms with Gasteiger partial charge in [-0.05, 0) is 25.2 Å². The summed E-state index contributed by atoms with van der Waals surface area (Å²) in [5.41, 5.74) is 0. The van der Waals surface area contributed by atoms with E-state index in [-0.39, 0.29) is 0 Å². The van der Waals surface area contributed by atoms with Crippen molar-refractivity contribution in [2.45, 2.75) is 39.5 Å². The van der Waals surface area contributed by atoms with Crippen LogP contribution in [0.25, 0.3) is 0 Å². The van der Waals surface area contributed by atoms with E-state index in [4.69, 9.17) is 0 Å². The Hall–Kier alpha value is -0.330. The molecule has 10 heavy (non-hydrogen) atoms. The topological polar surface area (TPSA) is 17.1 Å². The molecule has 1 rings (SSSR count). The SMILES string of the molecule is CCC1C(=O)CCCC1C. The number of carbonyl (C=O) groups is 1. The number of carbonyl (C=O) groups excluding carboxylic acids is 1. The van der Waals surface area contributed by atoms with Gasteiger partial charge >= 0.3 is 0 Å². The third-order valence-corrected chi connectivity index (χ3v) is 2.62. The fraction of sp³-hybridized carbons (Fsp3) is 0.889. The first kappa shape index (κ1) is 7.77. The molecule has 0 aromatic heterocycles. The fourth-order valence-electron chi connectivity index (χ4n) is 1.93. The number of rotatable bonds is 1. The lowest BCUT2D eigenvalue weighted by Gasteiger charge is -2.25. The molecule has 0 spiro atoms. The number of hydrogen-bond donors (Lipinski definition) is 0. The minimum absolute atomic E-state index is 0.383. The van der Waals surface area contributed by atoms with Crippen molar-refractivity contribution in [3.63, 3.8) is 0 Å². The molecule has 0 radical (unpaired) electrons. The zero-order valence-electron chi connectivity index (χ0n) is 6.89. The standard InChI is InChI=1S/C9H16O/c1-3-8-7(2)5-4-6-9(8)10/h7-8H,3-6H2,1-2H3. The highest BCUT2D eigenvalue weighted by atomic mass is 16.1. The lowest BCUT2D eigenvalue weighted by molar-refractivity contribution is -0.126. The van der Waals surface area contributed by atoms with E-state index in [1.165, 1.54) is 6.42 Å². The highest BCUT2D eigenvalue weighted by Gasteiger charge is 2.26. The summed E-state index contributed by atoms with van der Waals surface area (Å²) in [5, 5.41) is 0. The number of hydrogen-bond acceptors (Lipinski definition) is 1. The molecule has 58 valence electrons. The average molecular weight is 140 g/mol. The molecule has 0 N–H and O–H groups in total. The van der Waals surface area contributed by atoms with Gasteiger partial charge in [-0.1, -0.05) is 13.8 Å². The van der Waals surface area contributed by atoms with Gasteiger partial charge in [0, 0.05) is 12.3 Å². The van der Waals surface area contributed by atoms with Gasteiger partial charge in [-0.25, -0.2) is 0 Å². The second-order valence-corrected chi connectivity index (χ2v) is 3.35. The average Bonchev–Trinajstić information content (AvgIpc) is 1.88. The van der Waals surface area contributed by atoms with Crippen molar-refractivity contribution in [3.05, 3.63) is 0 Å². The largest absolute Gasteiger partial charge is 0.299 e. The summed E-state index contributed by atoms with van der Waals surface area (Å²) >= 11 is 0. The second-order valence-electron chi connectivity index (χ2n) is 3.35. The van der Waals surface area contributed by atoms with Gasteiger partial charge in [0.1, 0.15) is 5.78 Å². The van der Waals surface area contributed by atoms with Crippen LogP contribution in [-0.4, -0.2) is 5.78 Å². The van der Waals surface area contributed by atoms with E-state index in [2.05, 4.69) is 13.8 Å². The van der Waals surface area contributed by atoms with Crippen LogP contribution in [-0.2, 0) is 4.79 Å². The van der Waals surface area contributed by atoms with Crippen LogP contribution < -0.4 is 0 Å². The van der Waals surface area contributed by atoms with Crippen LogP contribution in [0, 0.1) is 11.8 Å². The summed E-state index contributed by atoms with van der Waals surface area (Å²) in [6.07, 6.45) is 4.25. The molecule has 1 heteroatoms. The molecule has 0 saturated heterocycles. The Bertz CT molecular complexity index is 129. The predicted octanol–water partition coefficient (Wildman–Crippen LogP) is 2.40. The van der Waals surface area contributed by atoms with Crippen LogP contribution >= 0.6 is 0 Å². The molecule has 0 bridgehead atoms. The quantitative estimate of drug-likeness (QED) is 0.546.